The zero-order valence-electron chi connectivity index (χ0n) is 13.6. The molecule has 4 rings (SSSR count). The summed E-state index contributed by atoms with van der Waals surface area (Å²) in [6.07, 6.45) is 5.33. The molecule has 0 unspecified atom stereocenters. The summed E-state index contributed by atoms with van der Waals surface area (Å²) in [5.74, 6) is 1.41. The van der Waals surface area contributed by atoms with Gasteiger partial charge in [0, 0.05) is 17.7 Å². The van der Waals surface area contributed by atoms with Crippen molar-refractivity contribution in [3.8, 4) is 5.75 Å². The van der Waals surface area contributed by atoms with Crippen molar-refractivity contribution in [1.82, 2.24) is 0 Å². The average molecular weight is 357 g/mol. The predicted molar refractivity (Wildman–Crippen MR) is 97.5 cm³/mol. The number of nitrogens with one attached hydrogen (secondary N) is 1. The maximum absolute atomic E-state index is 11.2. The molecule has 25 heavy (non-hydrogen) atoms. The Morgan fingerprint density at radius 3 is 2.88 bits per heavy atom. The maximum Gasteiger partial charge on any atom is 0.288 e. The van der Waals surface area contributed by atoms with Gasteiger partial charge in [0.1, 0.15) is 10.8 Å². The number of halogens is 1. The number of benzene rings is 2. The zero-order valence-corrected chi connectivity index (χ0v) is 14.4. The fourth-order valence-electron chi connectivity index (χ4n) is 3.89. The van der Waals surface area contributed by atoms with E-state index in [2.05, 4.69) is 23.5 Å². The molecule has 2 aromatic carbocycles. The van der Waals surface area contributed by atoms with Crippen molar-refractivity contribution >= 4 is 23.0 Å². The maximum atomic E-state index is 11.2. The molecule has 0 fully saturated rings. The number of rotatable bonds is 3. The van der Waals surface area contributed by atoms with Gasteiger partial charge in [-0.1, -0.05) is 29.8 Å². The minimum absolute atomic E-state index is 0.00291. The van der Waals surface area contributed by atoms with E-state index in [1.54, 1.807) is 19.2 Å². The highest BCUT2D eigenvalue weighted by atomic mass is 35.5. The lowest BCUT2D eigenvalue weighted by Crippen LogP contribution is -2.29. The molecule has 1 aliphatic heterocycles. The highest BCUT2D eigenvalue weighted by Crippen LogP contribution is 2.50. The number of anilines is 1. The van der Waals surface area contributed by atoms with Gasteiger partial charge < -0.3 is 10.1 Å². The van der Waals surface area contributed by atoms with Gasteiger partial charge in [-0.3, -0.25) is 10.1 Å². The molecule has 0 saturated carbocycles. The number of hydrogen-bond donors (Lipinski definition) is 1. The molecular weight excluding hydrogens is 340 g/mol. The van der Waals surface area contributed by atoms with E-state index < -0.39 is 4.92 Å². The van der Waals surface area contributed by atoms with E-state index >= 15 is 0 Å². The number of nitro benzene ring substituents is 1. The van der Waals surface area contributed by atoms with Crippen LogP contribution in [0.4, 0.5) is 11.4 Å². The van der Waals surface area contributed by atoms with Crippen molar-refractivity contribution in [2.75, 3.05) is 12.4 Å². The quantitative estimate of drug-likeness (QED) is 0.473. The Hall–Kier alpha value is -2.53. The second-order valence-corrected chi connectivity index (χ2v) is 6.80. The zero-order chi connectivity index (χ0) is 17.6. The highest BCUT2D eigenvalue weighted by molar-refractivity contribution is 6.32. The van der Waals surface area contributed by atoms with Crippen LogP contribution < -0.4 is 10.1 Å². The number of hydrogen-bond acceptors (Lipinski definition) is 4. The lowest BCUT2D eigenvalue weighted by atomic mass is 9.77. The molecule has 0 bridgehead atoms. The van der Waals surface area contributed by atoms with Crippen LogP contribution in [0, 0.1) is 16.0 Å². The topological polar surface area (TPSA) is 64.4 Å². The van der Waals surface area contributed by atoms with Gasteiger partial charge in [-0.25, -0.2) is 0 Å². The van der Waals surface area contributed by atoms with Gasteiger partial charge in [-0.2, -0.15) is 0 Å². The van der Waals surface area contributed by atoms with Gasteiger partial charge in [0.2, 0.25) is 0 Å². The van der Waals surface area contributed by atoms with E-state index in [1.807, 2.05) is 18.2 Å². The Bertz CT molecular complexity index is 881. The van der Waals surface area contributed by atoms with Gasteiger partial charge in [0.05, 0.1) is 18.1 Å². The normalized spacial score (nSPS) is 23.5. The summed E-state index contributed by atoms with van der Waals surface area (Å²) in [5, 5.41) is 15.0. The lowest BCUT2D eigenvalue weighted by molar-refractivity contribution is -0.384. The molecule has 0 radical (unpaired) electrons. The number of nitrogens with zero attached hydrogens (tertiary/aromatic N) is 1. The molecular formula is C19H17ClN2O3. The standard InChI is InChI=1S/C19H17ClN2O3/c1-25-12-6-8-17-15(10-12)13-3-2-4-14(13)19(21-17)11-5-7-16(20)18(9-11)22(23)24/h2-3,5-10,13-14,19,21H,4H2,1H3/t13-,14+,19+/m1/s1. The van der Waals surface area contributed by atoms with Crippen LogP contribution in [0.3, 0.4) is 0 Å². The first kappa shape index (κ1) is 16.0. The fourth-order valence-corrected chi connectivity index (χ4v) is 4.08. The van der Waals surface area contributed by atoms with Crippen molar-refractivity contribution < 1.29 is 9.66 Å². The van der Waals surface area contributed by atoms with Gasteiger partial charge in [0.15, 0.2) is 0 Å². The van der Waals surface area contributed by atoms with E-state index in [9.17, 15) is 10.1 Å². The summed E-state index contributed by atoms with van der Waals surface area (Å²) >= 11 is 5.97. The molecule has 0 amide bonds. The van der Waals surface area contributed by atoms with Gasteiger partial charge >= 0.3 is 0 Å². The Balaban J connectivity index is 1.77. The number of ether oxygens (including phenoxy) is 1. The summed E-state index contributed by atoms with van der Waals surface area (Å²) in [6.45, 7) is 0. The monoisotopic (exact) mass is 356 g/mol. The van der Waals surface area contributed by atoms with Crippen molar-refractivity contribution in [1.29, 1.82) is 0 Å². The molecule has 0 saturated heterocycles. The minimum Gasteiger partial charge on any atom is -0.497 e. The highest BCUT2D eigenvalue weighted by Gasteiger charge is 2.38. The van der Waals surface area contributed by atoms with Gasteiger partial charge in [0.25, 0.3) is 5.69 Å². The second kappa shape index (κ2) is 6.08. The SMILES string of the molecule is COc1ccc2c(c1)[C@@H]1C=CC[C@@H]1[C@H](c1ccc(Cl)c([N+](=O)[O-])c1)N2. The molecule has 2 aromatic rings. The van der Waals surface area contributed by atoms with Crippen molar-refractivity contribution in [3.63, 3.8) is 0 Å². The summed E-state index contributed by atoms with van der Waals surface area (Å²) in [7, 11) is 1.66. The van der Waals surface area contributed by atoms with Crippen LogP contribution in [0.5, 0.6) is 5.75 Å². The van der Waals surface area contributed by atoms with E-state index in [-0.39, 0.29) is 22.7 Å². The summed E-state index contributed by atoms with van der Waals surface area (Å²) in [5.41, 5.74) is 3.08. The predicted octanol–water partition coefficient (Wildman–Crippen LogP) is 5.08. The van der Waals surface area contributed by atoms with E-state index in [0.717, 1.165) is 23.4 Å². The van der Waals surface area contributed by atoms with Gasteiger partial charge in [-0.05, 0) is 47.7 Å². The Kier molecular flexibility index (Phi) is 3.88. The molecule has 5 nitrogen and oxygen atoms in total. The van der Waals surface area contributed by atoms with Gasteiger partial charge in [-0.15, -0.1) is 0 Å². The number of allylic oxidation sites excluding steroid dienone is 2. The molecule has 2 aliphatic rings. The first-order chi connectivity index (χ1) is 12.1. The van der Waals surface area contributed by atoms with E-state index in [1.165, 1.54) is 5.56 Å². The number of fused-ring (bicyclic) bond motifs is 3. The number of methoxy groups -OCH3 is 1. The molecule has 3 atom stereocenters. The third-order valence-electron chi connectivity index (χ3n) is 5.10. The second-order valence-electron chi connectivity index (χ2n) is 6.40. The lowest BCUT2D eigenvalue weighted by Gasteiger charge is -2.37. The van der Waals surface area contributed by atoms with Crippen molar-refractivity contribution in [2.24, 2.45) is 5.92 Å². The van der Waals surface area contributed by atoms with Crippen molar-refractivity contribution in [3.05, 3.63) is 74.8 Å². The average Bonchev–Trinajstić information content (AvgIpc) is 3.11. The third kappa shape index (κ3) is 2.65. The summed E-state index contributed by atoms with van der Waals surface area (Å²) in [4.78, 5) is 10.8. The fraction of sp³-hybridized carbons (Fsp3) is 0.263. The Morgan fingerprint density at radius 2 is 2.12 bits per heavy atom. The van der Waals surface area contributed by atoms with Crippen LogP contribution in [0.25, 0.3) is 0 Å². The molecule has 1 N–H and O–H groups in total. The molecule has 0 spiro atoms. The molecule has 128 valence electrons. The van der Waals surface area contributed by atoms with Crippen LogP contribution in [0.1, 0.15) is 29.5 Å². The molecule has 6 heteroatoms. The van der Waals surface area contributed by atoms with Crippen LogP contribution >= 0.6 is 11.6 Å². The first-order valence-corrected chi connectivity index (χ1v) is 8.51. The van der Waals surface area contributed by atoms with Crippen LogP contribution in [0.2, 0.25) is 5.02 Å². The molecule has 1 aliphatic carbocycles. The Morgan fingerprint density at radius 1 is 1.28 bits per heavy atom. The van der Waals surface area contributed by atoms with E-state index in [0.29, 0.717) is 5.92 Å². The van der Waals surface area contributed by atoms with Crippen molar-refractivity contribution in [2.45, 2.75) is 18.4 Å². The third-order valence-corrected chi connectivity index (χ3v) is 5.42. The minimum atomic E-state index is -0.433. The Labute approximate surface area is 150 Å². The molecule has 1 heterocycles. The first-order valence-electron chi connectivity index (χ1n) is 8.13. The summed E-state index contributed by atoms with van der Waals surface area (Å²) < 4.78 is 5.35. The molecule has 0 aromatic heterocycles. The smallest absolute Gasteiger partial charge is 0.288 e. The number of nitro groups is 1. The van der Waals surface area contributed by atoms with Crippen LogP contribution in [-0.4, -0.2) is 12.0 Å². The summed E-state index contributed by atoms with van der Waals surface area (Å²) in [6, 6.07) is 11.1. The van der Waals surface area contributed by atoms with Crippen LogP contribution in [0.15, 0.2) is 48.6 Å². The van der Waals surface area contributed by atoms with E-state index in [4.69, 9.17) is 16.3 Å². The van der Waals surface area contributed by atoms with Crippen LogP contribution in [-0.2, 0) is 0 Å². The largest absolute Gasteiger partial charge is 0.497 e.